The van der Waals surface area contributed by atoms with E-state index in [0.717, 1.165) is 56.5 Å². The number of ether oxygens (including phenoxy) is 1. The van der Waals surface area contributed by atoms with Crippen molar-refractivity contribution in [3.63, 3.8) is 0 Å². The minimum Gasteiger partial charge on any atom is -0.376 e. The number of nitrogens with zero attached hydrogens (tertiary/aromatic N) is 3. The van der Waals surface area contributed by atoms with Crippen LogP contribution in [-0.4, -0.2) is 47.4 Å². The molecule has 2 aliphatic heterocycles. The van der Waals surface area contributed by atoms with Gasteiger partial charge in [0.1, 0.15) is 5.82 Å². The molecule has 0 aromatic carbocycles. The molecule has 132 valence electrons. The molecule has 7 heteroatoms. The molecule has 1 aromatic heterocycles. The summed E-state index contributed by atoms with van der Waals surface area (Å²) in [5.41, 5.74) is 0.947. The van der Waals surface area contributed by atoms with Gasteiger partial charge in [-0.3, -0.25) is 0 Å². The minimum absolute atomic E-state index is 0.258. The van der Waals surface area contributed by atoms with Crippen LogP contribution in [0.2, 0.25) is 0 Å². The Morgan fingerprint density at radius 1 is 1.33 bits per heavy atom. The highest BCUT2D eigenvalue weighted by molar-refractivity contribution is 7.80. The predicted octanol–water partition coefficient (Wildman–Crippen LogP) is 2.49. The van der Waals surface area contributed by atoms with Crippen LogP contribution in [0.1, 0.15) is 38.3 Å². The molecular weight excluding hydrogens is 322 g/mol. The van der Waals surface area contributed by atoms with Crippen LogP contribution in [-0.2, 0) is 4.74 Å². The Kier molecular flexibility index (Phi) is 5.84. The number of aromatic nitrogens is 2. The Hall–Kier alpha value is -1.47. The molecule has 6 nitrogen and oxygen atoms in total. The SMILES string of the molecule is Cc1cc(N2CCC(C)CC2)nc(NC(=S)NC[C@@H]2CCCO2)n1. The third-order valence-electron chi connectivity index (χ3n) is 4.69. The van der Waals surface area contributed by atoms with Crippen LogP contribution in [0, 0.1) is 12.8 Å². The van der Waals surface area contributed by atoms with Gasteiger partial charge in [-0.1, -0.05) is 6.92 Å². The molecule has 3 rings (SSSR count). The summed E-state index contributed by atoms with van der Waals surface area (Å²) in [7, 11) is 0. The van der Waals surface area contributed by atoms with Crippen LogP contribution in [0.3, 0.4) is 0 Å². The molecule has 0 aliphatic carbocycles. The Balaban J connectivity index is 1.57. The second kappa shape index (κ2) is 8.07. The molecule has 2 fully saturated rings. The second-order valence-electron chi connectivity index (χ2n) is 6.83. The molecule has 24 heavy (non-hydrogen) atoms. The third-order valence-corrected chi connectivity index (χ3v) is 4.93. The van der Waals surface area contributed by atoms with Crippen LogP contribution >= 0.6 is 12.2 Å². The lowest BCUT2D eigenvalue weighted by Crippen LogP contribution is -2.36. The van der Waals surface area contributed by atoms with Crippen LogP contribution in [0.5, 0.6) is 0 Å². The number of piperidine rings is 1. The predicted molar refractivity (Wildman–Crippen MR) is 101 cm³/mol. The fraction of sp³-hybridized carbons (Fsp3) is 0.706. The summed E-state index contributed by atoms with van der Waals surface area (Å²) in [6, 6.07) is 2.05. The highest BCUT2D eigenvalue weighted by Crippen LogP contribution is 2.22. The monoisotopic (exact) mass is 349 g/mol. The summed E-state index contributed by atoms with van der Waals surface area (Å²) >= 11 is 5.36. The van der Waals surface area contributed by atoms with Crippen molar-refractivity contribution in [1.29, 1.82) is 0 Å². The van der Waals surface area contributed by atoms with E-state index in [1.807, 2.05) is 13.0 Å². The van der Waals surface area contributed by atoms with Crippen molar-refractivity contribution in [2.75, 3.05) is 36.5 Å². The van der Waals surface area contributed by atoms with Gasteiger partial charge in [0.15, 0.2) is 5.11 Å². The van der Waals surface area contributed by atoms with Gasteiger partial charge in [0.25, 0.3) is 0 Å². The standard InChI is InChI=1S/C17H27N5OS/c1-12-5-7-22(8-6-12)15-10-13(2)19-16(20-15)21-17(24)18-11-14-4-3-9-23-14/h10,12,14H,3-9,11H2,1-2H3,(H2,18,19,20,21,24)/t14-/m0/s1. The van der Waals surface area contributed by atoms with Crippen molar-refractivity contribution in [3.8, 4) is 0 Å². The summed E-state index contributed by atoms with van der Waals surface area (Å²) in [5, 5.41) is 6.86. The molecule has 0 saturated carbocycles. The molecule has 2 saturated heterocycles. The summed E-state index contributed by atoms with van der Waals surface area (Å²) in [5.74, 6) is 2.35. The average molecular weight is 350 g/mol. The first-order valence-electron chi connectivity index (χ1n) is 8.87. The largest absolute Gasteiger partial charge is 0.376 e. The van der Waals surface area contributed by atoms with E-state index in [2.05, 4.69) is 32.4 Å². The fourth-order valence-electron chi connectivity index (χ4n) is 3.17. The van der Waals surface area contributed by atoms with Gasteiger partial charge in [-0.2, -0.15) is 4.98 Å². The van der Waals surface area contributed by atoms with E-state index in [1.165, 1.54) is 12.8 Å². The fourth-order valence-corrected chi connectivity index (χ4v) is 3.34. The van der Waals surface area contributed by atoms with Gasteiger partial charge in [-0.15, -0.1) is 0 Å². The molecule has 2 N–H and O–H groups in total. The average Bonchev–Trinajstić information content (AvgIpc) is 3.06. The van der Waals surface area contributed by atoms with Crippen molar-refractivity contribution in [1.82, 2.24) is 15.3 Å². The number of hydrogen-bond donors (Lipinski definition) is 2. The number of rotatable bonds is 4. The molecule has 0 unspecified atom stereocenters. The van der Waals surface area contributed by atoms with Crippen molar-refractivity contribution < 1.29 is 4.74 Å². The van der Waals surface area contributed by atoms with Crippen molar-refractivity contribution in [3.05, 3.63) is 11.8 Å². The number of aryl methyl sites for hydroxylation is 1. The normalized spacial score (nSPS) is 21.8. The van der Waals surface area contributed by atoms with Gasteiger partial charge in [0.05, 0.1) is 6.10 Å². The lowest BCUT2D eigenvalue weighted by atomic mass is 9.99. The summed E-state index contributed by atoms with van der Waals surface area (Å²) < 4.78 is 5.59. The quantitative estimate of drug-likeness (QED) is 0.810. The van der Waals surface area contributed by atoms with Crippen molar-refractivity contribution >= 4 is 29.1 Å². The molecule has 1 aromatic rings. The zero-order valence-corrected chi connectivity index (χ0v) is 15.4. The topological polar surface area (TPSA) is 62.3 Å². The first-order chi connectivity index (χ1) is 11.6. The van der Waals surface area contributed by atoms with Gasteiger partial charge in [0.2, 0.25) is 5.95 Å². The van der Waals surface area contributed by atoms with Crippen molar-refractivity contribution in [2.45, 2.75) is 45.6 Å². The smallest absolute Gasteiger partial charge is 0.231 e. The maximum absolute atomic E-state index is 5.59. The zero-order valence-electron chi connectivity index (χ0n) is 14.5. The lowest BCUT2D eigenvalue weighted by Gasteiger charge is -2.31. The Bertz CT molecular complexity index is 568. The summed E-state index contributed by atoms with van der Waals surface area (Å²) in [6.07, 6.45) is 4.91. The van der Waals surface area contributed by atoms with E-state index < -0.39 is 0 Å². The van der Waals surface area contributed by atoms with Gasteiger partial charge in [-0.25, -0.2) is 4.98 Å². The molecular formula is C17H27N5OS. The van der Waals surface area contributed by atoms with E-state index in [4.69, 9.17) is 17.0 Å². The van der Waals surface area contributed by atoms with Crippen LogP contribution in [0.4, 0.5) is 11.8 Å². The third kappa shape index (κ3) is 4.77. The number of nitrogens with one attached hydrogen (secondary N) is 2. The van der Waals surface area contributed by atoms with E-state index in [0.29, 0.717) is 11.1 Å². The molecule has 2 aliphatic rings. The molecule has 0 bridgehead atoms. The molecule has 3 heterocycles. The zero-order chi connectivity index (χ0) is 16.9. The first kappa shape index (κ1) is 17.4. The lowest BCUT2D eigenvalue weighted by molar-refractivity contribution is 0.114. The van der Waals surface area contributed by atoms with Crippen LogP contribution in [0.15, 0.2) is 6.07 Å². The van der Waals surface area contributed by atoms with E-state index in [1.54, 1.807) is 0 Å². The summed E-state index contributed by atoms with van der Waals surface area (Å²) in [4.78, 5) is 11.4. The Morgan fingerprint density at radius 2 is 2.12 bits per heavy atom. The van der Waals surface area contributed by atoms with Crippen LogP contribution < -0.4 is 15.5 Å². The maximum Gasteiger partial charge on any atom is 0.231 e. The Morgan fingerprint density at radius 3 is 2.83 bits per heavy atom. The van der Waals surface area contributed by atoms with E-state index in [9.17, 15) is 0 Å². The Labute approximate surface area is 149 Å². The molecule has 0 spiro atoms. The molecule has 0 amide bonds. The molecule has 1 atom stereocenters. The van der Waals surface area contributed by atoms with Crippen LogP contribution in [0.25, 0.3) is 0 Å². The maximum atomic E-state index is 5.59. The first-order valence-corrected chi connectivity index (χ1v) is 9.28. The summed E-state index contributed by atoms with van der Waals surface area (Å²) in [6.45, 7) is 8.00. The van der Waals surface area contributed by atoms with Gasteiger partial charge in [-0.05, 0) is 50.7 Å². The molecule has 0 radical (unpaired) electrons. The van der Waals surface area contributed by atoms with Gasteiger partial charge < -0.3 is 20.3 Å². The van der Waals surface area contributed by atoms with Gasteiger partial charge >= 0.3 is 0 Å². The van der Waals surface area contributed by atoms with E-state index in [-0.39, 0.29) is 6.10 Å². The van der Waals surface area contributed by atoms with Gasteiger partial charge in [0, 0.05) is 38.0 Å². The number of anilines is 2. The highest BCUT2D eigenvalue weighted by atomic mass is 32.1. The number of hydrogen-bond acceptors (Lipinski definition) is 5. The second-order valence-corrected chi connectivity index (χ2v) is 7.24. The van der Waals surface area contributed by atoms with Crippen molar-refractivity contribution in [2.24, 2.45) is 5.92 Å². The minimum atomic E-state index is 0.258. The van der Waals surface area contributed by atoms with E-state index >= 15 is 0 Å². The number of thiocarbonyl (C=S) groups is 1. The highest BCUT2D eigenvalue weighted by Gasteiger charge is 2.19.